The predicted octanol–water partition coefficient (Wildman–Crippen LogP) is 4.12. The molecule has 0 fully saturated rings. The van der Waals surface area contributed by atoms with Gasteiger partial charge in [0, 0.05) is 23.4 Å². The molecule has 0 aliphatic carbocycles. The Morgan fingerprint density at radius 3 is 2.74 bits per heavy atom. The van der Waals surface area contributed by atoms with E-state index >= 15 is 0 Å². The number of halogens is 1. The van der Waals surface area contributed by atoms with E-state index in [1.165, 1.54) is 5.56 Å². The van der Waals surface area contributed by atoms with E-state index < -0.39 is 0 Å². The summed E-state index contributed by atoms with van der Waals surface area (Å²) in [6.45, 7) is 1.35. The molecule has 0 amide bonds. The minimum Gasteiger partial charge on any atom is -0.409 e. The summed E-state index contributed by atoms with van der Waals surface area (Å²) >= 11 is 8.69. The second-order valence-corrected chi connectivity index (χ2v) is 6.46. The average molecular weight is 391 g/mol. The van der Waals surface area contributed by atoms with E-state index in [4.69, 9.17) is 16.6 Å². The number of hydrogen-bond donors (Lipinski definition) is 0. The second kappa shape index (κ2) is 7.16. The first-order chi connectivity index (χ1) is 11.1. The van der Waals surface area contributed by atoms with Gasteiger partial charge < -0.3 is 4.42 Å². The van der Waals surface area contributed by atoms with Crippen molar-refractivity contribution in [3.63, 3.8) is 0 Å². The molecule has 5 nitrogen and oxygen atoms in total. The van der Waals surface area contributed by atoms with E-state index in [0.29, 0.717) is 17.4 Å². The van der Waals surface area contributed by atoms with Crippen LogP contribution in [0.5, 0.6) is 0 Å². The molecule has 0 spiro atoms. The summed E-state index contributed by atoms with van der Waals surface area (Å²) in [5, 5.41) is 4.43. The van der Waals surface area contributed by atoms with Crippen LogP contribution in [0.15, 0.2) is 57.7 Å². The monoisotopic (exact) mass is 390 g/mol. The number of benzene rings is 1. The summed E-state index contributed by atoms with van der Waals surface area (Å²) in [6, 6.07) is 12.0. The molecule has 0 saturated carbocycles. The van der Waals surface area contributed by atoms with Gasteiger partial charge in [-0.25, -0.2) is 4.68 Å². The van der Waals surface area contributed by atoms with Gasteiger partial charge in [-0.2, -0.15) is 0 Å². The lowest BCUT2D eigenvalue weighted by molar-refractivity contribution is 0.240. The van der Waals surface area contributed by atoms with Gasteiger partial charge in [-0.05, 0) is 49.1 Å². The predicted molar refractivity (Wildman–Crippen MR) is 94.2 cm³/mol. The van der Waals surface area contributed by atoms with Crippen LogP contribution in [-0.4, -0.2) is 26.7 Å². The molecule has 0 saturated heterocycles. The van der Waals surface area contributed by atoms with Gasteiger partial charge >= 0.3 is 0 Å². The standard InChI is InChI=1S/C16H15BrN4OS/c1-20(10-12-4-6-14(17)7-5-12)11-21-16(23)22-15(19-21)13-3-2-8-18-9-13/h2-9H,10-11H2,1H3. The molecule has 1 aromatic carbocycles. The Morgan fingerprint density at radius 1 is 1.26 bits per heavy atom. The van der Waals surface area contributed by atoms with Gasteiger partial charge in [0.1, 0.15) is 0 Å². The molecule has 3 rings (SSSR count). The Balaban J connectivity index is 1.71. The first-order valence-corrected chi connectivity index (χ1v) is 8.23. The van der Waals surface area contributed by atoms with Crippen molar-refractivity contribution in [2.24, 2.45) is 0 Å². The molecule has 2 heterocycles. The molecule has 0 unspecified atom stereocenters. The van der Waals surface area contributed by atoms with E-state index in [1.807, 2.05) is 31.3 Å². The third-order valence-electron chi connectivity index (χ3n) is 3.26. The van der Waals surface area contributed by atoms with Gasteiger partial charge in [-0.3, -0.25) is 9.88 Å². The lowest BCUT2D eigenvalue weighted by Crippen LogP contribution is -2.22. The van der Waals surface area contributed by atoms with Gasteiger partial charge in [0.05, 0.1) is 12.2 Å². The number of aromatic nitrogens is 3. The molecule has 0 atom stereocenters. The first kappa shape index (κ1) is 16.0. The molecule has 23 heavy (non-hydrogen) atoms. The highest BCUT2D eigenvalue weighted by atomic mass is 79.9. The van der Waals surface area contributed by atoms with E-state index in [-0.39, 0.29) is 0 Å². The fourth-order valence-electron chi connectivity index (χ4n) is 2.18. The highest BCUT2D eigenvalue weighted by molar-refractivity contribution is 9.10. The summed E-state index contributed by atoms with van der Waals surface area (Å²) in [4.78, 5) is 6.54. The molecule has 0 N–H and O–H groups in total. The van der Waals surface area contributed by atoms with Gasteiger partial charge in [-0.15, -0.1) is 5.10 Å². The van der Waals surface area contributed by atoms with Crippen LogP contribution in [0.2, 0.25) is 0 Å². The molecule has 3 aromatic rings. The Bertz CT molecular complexity index is 829. The molecule has 0 bridgehead atoms. The van der Waals surface area contributed by atoms with Crippen LogP contribution in [-0.2, 0) is 13.2 Å². The fraction of sp³-hybridized carbons (Fsp3) is 0.188. The zero-order valence-corrected chi connectivity index (χ0v) is 14.9. The molecular weight excluding hydrogens is 376 g/mol. The first-order valence-electron chi connectivity index (χ1n) is 7.03. The maximum Gasteiger partial charge on any atom is 0.288 e. The Morgan fingerprint density at radius 2 is 2.04 bits per heavy atom. The Hall–Kier alpha value is -1.83. The highest BCUT2D eigenvalue weighted by Crippen LogP contribution is 2.17. The summed E-state index contributed by atoms with van der Waals surface area (Å²) in [5.74, 6) is 0.486. The van der Waals surface area contributed by atoms with Crippen LogP contribution in [0.25, 0.3) is 11.5 Å². The zero-order valence-electron chi connectivity index (χ0n) is 12.5. The van der Waals surface area contributed by atoms with Gasteiger partial charge in [0.25, 0.3) is 4.84 Å². The summed E-state index contributed by atoms with van der Waals surface area (Å²) < 4.78 is 8.31. The number of hydrogen-bond acceptors (Lipinski definition) is 5. The zero-order chi connectivity index (χ0) is 16.2. The van der Waals surface area contributed by atoms with E-state index in [0.717, 1.165) is 16.6 Å². The number of nitrogens with zero attached hydrogens (tertiary/aromatic N) is 4. The van der Waals surface area contributed by atoms with Crippen molar-refractivity contribution >= 4 is 28.1 Å². The lowest BCUT2D eigenvalue weighted by Gasteiger charge is -2.15. The lowest BCUT2D eigenvalue weighted by atomic mass is 10.2. The topological polar surface area (TPSA) is 47.1 Å². The smallest absolute Gasteiger partial charge is 0.288 e. The minimum atomic E-state index is 0.353. The van der Waals surface area contributed by atoms with Crippen molar-refractivity contribution < 1.29 is 4.42 Å². The molecule has 7 heteroatoms. The van der Waals surface area contributed by atoms with Crippen molar-refractivity contribution in [2.75, 3.05) is 7.05 Å². The van der Waals surface area contributed by atoms with Crippen LogP contribution in [0.4, 0.5) is 0 Å². The van der Waals surface area contributed by atoms with Crippen LogP contribution >= 0.6 is 28.1 Å². The summed E-state index contributed by atoms with van der Waals surface area (Å²) in [6.07, 6.45) is 3.41. The molecule has 118 valence electrons. The molecular formula is C16H15BrN4OS. The summed E-state index contributed by atoms with van der Waals surface area (Å²) in [7, 11) is 2.02. The van der Waals surface area contributed by atoms with Crippen LogP contribution in [0.3, 0.4) is 0 Å². The van der Waals surface area contributed by atoms with Crippen LogP contribution in [0.1, 0.15) is 5.56 Å². The maximum atomic E-state index is 5.56. The van der Waals surface area contributed by atoms with Crippen LogP contribution < -0.4 is 0 Å². The van der Waals surface area contributed by atoms with Gasteiger partial charge in [0.2, 0.25) is 5.89 Å². The average Bonchev–Trinajstić information content (AvgIpc) is 2.91. The highest BCUT2D eigenvalue weighted by Gasteiger charge is 2.10. The summed E-state index contributed by atoms with van der Waals surface area (Å²) in [5.41, 5.74) is 2.03. The van der Waals surface area contributed by atoms with Gasteiger partial charge in [-0.1, -0.05) is 28.1 Å². The normalized spacial score (nSPS) is 11.1. The number of rotatable bonds is 5. The van der Waals surface area contributed by atoms with E-state index in [1.54, 1.807) is 17.1 Å². The van der Waals surface area contributed by atoms with E-state index in [2.05, 4.69) is 43.0 Å². The molecule has 0 aliphatic heterocycles. The van der Waals surface area contributed by atoms with Crippen molar-refractivity contribution in [2.45, 2.75) is 13.2 Å². The SMILES string of the molecule is CN(Cc1ccc(Br)cc1)Cn1nc(-c2cccnc2)oc1=S. The van der Waals surface area contributed by atoms with Gasteiger partial charge in [0.15, 0.2) is 0 Å². The molecule has 0 aliphatic rings. The third kappa shape index (κ3) is 4.13. The van der Waals surface area contributed by atoms with Crippen molar-refractivity contribution in [3.8, 4) is 11.5 Å². The van der Waals surface area contributed by atoms with Crippen molar-refractivity contribution in [3.05, 3.63) is 63.7 Å². The maximum absolute atomic E-state index is 5.56. The Kier molecular flexibility index (Phi) is 5.00. The largest absolute Gasteiger partial charge is 0.409 e. The van der Waals surface area contributed by atoms with Crippen molar-refractivity contribution in [1.82, 2.24) is 19.7 Å². The van der Waals surface area contributed by atoms with E-state index in [9.17, 15) is 0 Å². The number of pyridine rings is 1. The fourth-order valence-corrected chi connectivity index (χ4v) is 2.62. The molecule has 2 aromatic heterocycles. The van der Waals surface area contributed by atoms with Crippen molar-refractivity contribution in [1.29, 1.82) is 0 Å². The third-order valence-corrected chi connectivity index (χ3v) is 4.08. The quantitative estimate of drug-likeness (QED) is 0.613. The Labute approximate surface area is 147 Å². The second-order valence-electron chi connectivity index (χ2n) is 5.20. The minimum absolute atomic E-state index is 0.353. The van der Waals surface area contributed by atoms with Crippen LogP contribution in [0, 0.1) is 4.84 Å². The molecule has 0 radical (unpaired) electrons.